The average Bonchev–Trinajstić information content (AvgIpc) is 2.19. The summed E-state index contributed by atoms with van der Waals surface area (Å²) < 4.78 is 16.9. The van der Waals surface area contributed by atoms with Crippen molar-refractivity contribution in [2.75, 3.05) is 20.8 Å². The Bertz CT molecular complexity index is 312. The number of hydrogen-bond acceptors (Lipinski definition) is 3. The molecule has 0 saturated heterocycles. The van der Waals surface area contributed by atoms with Gasteiger partial charge in [-0.3, -0.25) is 0 Å². The van der Waals surface area contributed by atoms with E-state index in [1.54, 1.807) is 14.2 Å². The molecule has 0 amide bonds. The summed E-state index contributed by atoms with van der Waals surface area (Å²) in [7, 11) is 3.24. The summed E-state index contributed by atoms with van der Waals surface area (Å²) in [6, 6.07) is 3.80. The van der Waals surface area contributed by atoms with Crippen molar-refractivity contribution < 1.29 is 14.2 Å². The fourth-order valence-corrected chi connectivity index (χ4v) is 1.80. The van der Waals surface area contributed by atoms with Crippen molar-refractivity contribution in [1.29, 1.82) is 0 Å². The number of rotatable bonds is 4. The molecule has 4 heteroatoms. The maximum Gasteiger partial charge on any atom is 0.204 e. The Balaban J connectivity index is 3.21. The molecule has 14 heavy (non-hydrogen) atoms. The van der Waals surface area contributed by atoms with Gasteiger partial charge in [0.1, 0.15) is 0 Å². The third-order valence-electron chi connectivity index (χ3n) is 1.74. The standard InChI is InChI=1S/C10H13IO3/c1-4-14-10-8(12-2)6-5-7(11)9(10)13-3/h5-6H,4H2,1-3H3. The van der Waals surface area contributed by atoms with Gasteiger partial charge in [-0.2, -0.15) is 0 Å². The monoisotopic (exact) mass is 308 g/mol. The van der Waals surface area contributed by atoms with Crippen LogP contribution in [0.25, 0.3) is 0 Å². The molecule has 0 bridgehead atoms. The maximum absolute atomic E-state index is 5.48. The first-order valence-electron chi connectivity index (χ1n) is 4.27. The van der Waals surface area contributed by atoms with E-state index in [1.807, 2.05) is 19.1 Å². The molecule has 0 unspecified atom stereocenters. The summed E-state index contributed by atoms with van der Waals surface area (Å²) in [5.41, 5.74) is 0. The van der Waals surface area contributed by atoms with Crippen LogP contribution in [0.15, 0.2) is 12.1 Å². The number of benzene rings is 1. The van der Waals surface area contributed by atoms with Crippen LogP contribution in [0.2, 0.25) is 0 Å². The Hall–Kier alpha value is -0.650. The Labute approximate surface area is 97.5 Å². The maximum atomic E-state index is 5.48. The zero-order valence-electron chi connectivity index (χ0n) is 8.46. The van der Waals surface area contributed by atoms with Gasteiger partial charge in [0.15, 0.2) is 11.5 Å². The Morgan fingerprint density at radius 3 is 2.36 bits per heavy atom. The molecule has 3 nitrogen and oxygen atoms in total. The quantitative estimate of drug-likeness (QED) is 0.801. The molecule has 1 rings (SSSR count). The predicted octanol–water partition coefficient (Wildman–Crippen LogP) is 2.71. The first kappa shape index (κ1) is 11.4. The van der Waals surface area contributed by atoms with Crippen molar-refractivity contribution in [2.45, 2.75) is 6.92 Å². The molecule has 0 atom stereocenters. The molecule has 0 aromatic heterocycles. The van der Waals surface area contributed by atoms with Crippen LogP contribution in [0.3, 0.4) is 0 Å². The highest BCUT2D eigenvalue weighted by Crippen LogP contribution is 2.40. The zero-order valence-corrected chi connectivity index (χ0v) is 10.6. The SMILES string of the molecule is CCOc1c(OC)ccc(I)c1OC. The van der Waals surface area contributed by atoms with Gasteiger partial charge in [0, 0.05) is 0 Å². The minimum Gasteiger partial charge on any atom is -0.493 e. The van der Waals surface area contributed by atoms with Gasteiger partial charge < -0.3 is 14.2 Å². The summed E-state index contributed by atoms with van der Waals surface area (Å²) in [6.45, 7) is 2.52. The van der Waals surface area contributed by atoms with Gasteiger partial charge in [0.2, 0.25) is 5.75 Å². The Morgan fingerprint density at radius 2 is 1.86 bits per heavy atom. The predicted molar refractivity (Wildman–Crippen MR) is 63.4 cm³/mol. The molecular formula is C10H13IO3. The minimum absolute atomic E-state index is 0.590. The lowest BCUT2D eigenvalue weighted by atomic mass is 10.3. The fourth-order valence-electron chi connectivity index (χ4n) is 1.15. The van der Waals surface area contributed by atoms with E-state index in [0.29, 0.717) is 18.1 Å². The van der Waals surface area contributed by atoms with Gasteiger partial charge in [-0.15, -0.1) is 0 Å². The van der Waals surface area contributed by atoms with Gasteiger partial charge >= 0.3 is 0 Å². The van der Waals surface area contributed by atoms with E-state index in [-0.39, 0.29) is 0 Å². The first-order chi connectivity index (χ1) is 6.74. The van der Waals surface area contributed by atoms with Gasteiger partial charge in [-0.05, 0) is 41.6 Å². The van der Waals surface area contributed by atoms with Crippen LogP contribution < -0.4 is 14.2 Å². The van der Waals surface area contributed by atoms with Crippen molar-refractivity contribution in [2.24, 2.45) is 0 Å². The molecule has 0 N–H and O–H groups in total. The highest BCUT2D eigenvalue weighted by molar-refractivity contribution is 14.1. The molecule has 0 radical (unpaired) electrons. The van der Waals surface area contributed by atoms with E-state index >= 15 is 0 Å². The minimum atomic E-state index is 0.590. The van der Waals surface area contributed by atoms with Gasteiger partial charge in [0.25, 0.3) is 0 Å². The lowest BCUT2D eigenvalue weighted by Crippen LogP contribution is -1.99. The fraction of sp³-hybridized carbons (Fsp3) is 0.400. The van der Waals surface area contributed by atoms with E-state index in [1.165, 1.54) is 0 Å². The second kappa shape index (κ2) is 5.29. The topological polar surface area (TPSA) is 27.7 Å². The van der Waals surface area contributed by atoms with E-state index in [2.05, 4.69) is 22.6 Å². The van der Waals surface area contributed by atoms with Crippen molar-refractivity contribution in [3.05, 3.63) is 15.7 Å². The zero-order chi connectivity index (χ0) is 10.6. The van der Waals surface area contributed by atoms with Crippen LogP contribution in [-0.2, 0) is 0 Å². The van der Waals surface area contributed by atoms with Gasteiger partial charge in [0.05, 0.1) is 24.4 Å². The van der Waals surface area contributed by atoms with Crippen LogP contribution in [-0.4, -0.2) is 20.8 Å². The summed E-state index contributed by atoms with van der Waals surface area (Å²) in [4.78, 5) is 0. The van der Waals surface area contributed by atoms with E-state index in [0.717, 1.165) is 9.32 Å². The van der Waals surface area contributed by atoms with Gasteiger partial charge in [-0.1, -0.05) is 0 Å². The number of ether oxygens (including phenoxy) is 3. The third-order valence-corrected chi connectivity index (χ3v) is 2.59. The lowest BCUT2D eigenvalue weighted by molar-refractivity contribution is 0.287. The van der Waals surface area contributed by atoms with Crippen molar-refractivity contribution >= 4 is 22.6 Å². The molecule has 0 spiro atoms. The normalized spacial score (nSPS) is 9.71. The molecule has 0 aliphatic heterocycles. The van der Waals surface area contributed by atoms with Crippen LogP contribution >= 0.6 is 22.6 Å². The second-order valence-corrected chi connectivity index (χ2v) is 3.71. The Kier molecular flexibility index (Phi) is 4.31. The summed E-state index contributed by atoms with van der Waals surface area (Å²) in [6.07, 6.45) is 0. The molecular weight excluding hydrogens is 295 g/mol. The molecule has 0 heterocycles. The van der Waals surface area contributed by atoms with E-state index in [9.17, 15) is 0 Å². The molecule has 0 saturated carbocycles. The molecule has 78 valence electrons. The van der Waals surface area contributed by atoms with E-state index in [4.69, 9.17) is 14.2 Å². The molecule has 0 aliphatic carbocycles. The highest BCUT2D eigenvalue weighted by Gasteiger charge is 2.14. The smallest absolute Gasteiger partial charge is 0.204 e. The number of halogens is 1. The van der Waals surface area contributed by atoms with Crippen molar-refractivity contribution in [3.63, 3.8) is 0 Å². The molecule has 0 fully saturated rings. The summed E-state index contributed by atoms with van der Waals surface area (Å²) in [5.74, 6) is 2.10. The second-order valence-electron chi connectivity index (χ2n) is 2.55. The van der Waals surface area contributed by atoms with Crippen molar-refractivity contribution in [3.8, 4) is 17.2 Å². The average molecular weight is 308 g/mol. The van der Waals surface area contributed by atoms with Crippen LogP contribution in [0.5, 0.6) is 17.2 Å². The largest absolute Gasteiger partial charge is 0.493 e. The summed E-state index contributed by atoms with van der Waals surface area (Å²) in [5, 5.41) is 0. The Morgan fingerprint density at radius 1 is 1.14 bits per heavy atom. The summed E-state index contributed by atoms with van der Waals surface area (Å²) >= 11 is 2.20. The van der Waals surface area contributed by atoms with Crippen molar-refractivity contribution in [1.82, 2.24) is 0 Å². The molecule has 0 aliphatic rings. The number of methoxy groups -OCH3 is 2. The van der Waals surface area contributed by atoms with Crippen LogP contribution in [0.4, 0.5) is 0 Å². The first-order valence-corrected chi connectivity index (χ1v) is 5.35. The highest BCUT2D eigenvalue weighted by atomic mass is 127. The van der Waals surface area contributed by atoms with Crippen LogP contribution in [0.1, 0.15) is 6.92 Å². The third kappa shape index (κ3) is 2.23. The van der Waals surface area contributed by atoms with Crippen LogP contribution in [0, 0.1) is 3.57 Å². The van der Waals surface area contributed by atoms with Gasteiger partial charge in [-0.25, -0.2) is 0 Å². The molecule has 1 aromatic carbocycles. The lowest BCUT2D eigenvalue weighted by Gasteiger charge is -2.14. The van der Waals surface area contributed by atoms with E-state index < -0.39 is 0 Å². The molecule has 1 aromatic rings. The number of hydrogen-bond donors (Lipinski definition) is 0.